The summed E-state index contributed by atoms with van der Waals surface area (Å²) in [5, 5.41) is 0. The fourth-order valence-corrected chi connectivity index (χ4v) is 4.51. The molecule has 2 aromatic carbocycles. The second-order valence-electron chi connectivity index (χ2n) is 6.27. The third-order valence-electron chi connectivity index (χ3n) is 4.02. The number of hydrogen-bond acceptors (Lipinski definition) is 3. The minimum atomic E-state index is -3.70. The van der Waals surface area contributed by atoms with Gasteiger partial charge in [-0.1, -0.05) is 17.7 Å². The van der Waals surface area contributed by atoms with E-state index in [1.165, 1.54) is 36.1 Å². The van der Waals surface area contributed by atoms with Crippen LogP contribution < -0.4 is 9.62 Å². The second kappa shape index (κ2) is 7.97. The average molecular weight is 378 g/mol. The van der Waals surface area contributed by atoms with Gasteiger partial charge < -0.3 is 4.90 Å². The molecule has 7 heteroatoms. The van der Waals surface area contributed by atoms with E-state index in [0.29, 0.717) is 16.8 Å². The number of carbonyl (C=O) groups is 1. The first kappa shape index (κ1) is 20.1. The molecule has 0 saturated heterocycles. The number of amides is 1. The molecule has 5 nitrogen and oxygen atoms in total. The van der Waals surface area contributed by atoms with Crippen molar-refractivity contribution in [1.29, 1.82) is 0 Å². The van der Waals surface area contributed by atoms with Crippen LogP contribution in [0.2, 0.25) is 0 Å². The summed E-state index contributed by atoms with van der Waals surface area (Å²) in [5.74, 6) is -0.651. The maximum atomic E-state index is 13.1. The zero-order chi connectivity index (χ0) is 19.5. The molecule has 1 N–H and O–H groups in total. The Morgan fingerprint density at radius 2 is 1.62 bits per heavy atom. The van der Waals surface area contributed by atoms with E-state index in [1.807, 2.05) is 19.1 Å². The highest BCUT2D eigenvalue weighted by Crippen LogP contribution is 2.21. The van der Waals surface area contributed by atoms with Gasteiger partial charge in [-0.05, 0) is 56.2 Å². The maximum absolute atomic E-state index is 13.1. The Kier molecular flexibility index (Phi) is 6.15. The number of hydrogen-bond donors (Lipinski definition) is 1. The van der Waals surface area contributed by atoms with Crippen molar-refractivity contribution < 1.29 is 17.6 Å². The number of carbonyl (C=O) groups excluding carboxylic acids is 1. The summed E-state index contributed by atoms with van der Waals surface area (Å²) in [6, 6.07) is 9.13. The van der Waals surface area contributed by atoms with Gasteiger partial charge in [-0.3, -0.25) is 4.79 Å². The van der Waals surface area contributed by atoms with Crippen molar-refractivity contribution in [2.24, 2.45) is 0 Å². The summed E-state index contributed by atoms with van der Waals surface area (Å²) in [6.07, 6.45) is 0. The van der Waals surface area contributed by atoms with Gasteiger partial charge in [-0.25, -0.2) is 17.5 Å². The van der Waals surface area contributed by atoms with Gasteiger partial charge >= 0.3 is 0 Å². The van der Waals surface area contributed by atoms with Crippen LogP contribution in [0.5, 0.6) is 0 Å². The number of rotatable bonds is 6. The summed E-state index contributed by atoms with van der Waals surface area (Å²) in [5.41, 5.74) is 2.87. The Labute approximate surface area is 153 Å². The van der Waals surface area contributed by atoms with Crippen LogP contribution >= 0.6 is 0 Å². The molecule has 2 rings (SSSR count). The highest BCUT2D eigenvalue weighted by Gasteiger charge is 2.20. The lowest BCUT2D eigenvalue weighted by Crippen LogP contribution is -2.37. The van der Waals surface area contributed by atoms with Gasteiger partial charge in [0.2, 0.25) is 15.9 Å². The van der Waals surface area contributed by atoms with Crippen molar-refractivity contribution in [3.05, 3.63) is 58.9 Å². The van der Waals surface area contributed by atoms with Crippen molar-refractivity contribution in [1.82, 2.24) is 4.72 Å². The van der Waals surface area contributed by atoms with Crippen molar-refractivity contribution in [2.75, 3.05) is 18.0 Å². The Balaban J connectivity index is 2.14. The third-order valence-corrected chi connectivity index (χ3v) is 5.78. The molecule has 0 heterocycles. The van der Waals surface area contributed by atoms with E-state index in [9.17, 15) is 17.6 Å². The van der Waals surface area contributed by atoms with Crippen LogP contribution in [-0.2, 0) is 14.8 Å². The summed E-state index contributed by atoms with van der Waals surface area (Å²) in [4.78, 5) is 13.5. The van der Waals surface area contributed by atoms with Gasteiger partial charge in [0.05, 0.1) is 4.90 Å². The number of sulfonamides is 1. The molecule has 0 saturated carbocycles. The van der Waals surface area contributed by atoms with E-state index in [4.69, 9.17) is 0 Å². The van der Waals surface area contributed by atoms with Crippen LogP contribution in [-0.4, -0.2) is 27.4 Å². The average Bonchev–Trinajstić information content (AvgIpc) is 2.51. The molecule has 2 aromatic rings. The lowest BCUT2D eigenvalue weighted by Gasteiger charge is -2.22. The van der Waals surface area contributed by atoms with Crippen LogP contribution in [0.25, 0.3) is 0 Å². The minimum Gasteiger partial charge on any atom is -0.311 e. The quantitative estimate of drug-likeness (QED) is 0.840. The zero-order valence-electron chi connectivity index (χ0n) is 15.3. The number of nitrogens with zero attached hydrogens (tertiary/aromatic N) is 1. The highest BCUT2D eigenvalue weighted by atomic mass is 32.2. The predicted octanol–water partition coefficient (Wildman–Crippen LogP) is 3.08. The number of aryl methyl sites for hydroxylation is 3. The van der Waals surface area contributed by atoms with Crippen molar-refractivity contribution in [3.63, 3.8) is 0 Å². The second-order valence-corrected chi connectivity index (χ2v) is 7.98. The van der Waals surface area contributed by atoms with Gasteiger partial charge in [0.1, 0.15) is 5.82 Å². The molecule has 0 bridgehead atoms. The van der Waals surface area contributed by atoms with Crippen molar-refractivity contribution >= 4 is 21.6 Å². The number of nitrogens with one attached hydrogen (secondary N) is 1. The topological polar surface area (TPSA) is 66.5 Å². The van der Waals surface area contributed by atoms with Gasteiger partial charge in [-0.15, -0.1) is 0 Å². The third kappa shape index (κ3) is 4.68. The maximum Gasteiger partial charge on any atom is 0.241 e. The SMILES string of the molecule is CC(=O)N(CCNS(=O)(=O)c1c(C)cc(C)cc1C)c1ccc(F)cc1. The zero-order valence-corrected chi connectivity index (χ0v) is 16.2. The van der Waals surface area contributed by atoms with E-state index in [1.54, 1.807) is 13.8 Å². The molecule has 0 fully saturated rings. The standard InChI is InChI=1S/C19H23FN2O3S/c1-13-11-14(2)19(15(3)12-13)26(24,25)21-9-10-22(16(4)23)18-7-5-17(20)6-8-18/h5-8,11-12,21H,9-10H2,1-4H3. The molecule has 1 amide bonds. The molecule has 0 aliphatic heterocycles. The molecule has 0 unspecified atom stereocenters. The van der Waals surface area contributed by atoms with Gasteiger partial charge in [0.15, 0.2) is 0 Å². The molecular weight excluding hydrogens is 355 g/mol. The van der Waals surface area contributed by atoms with Crippen LogP contribution in [0.4, 0.5) is 10.1 Å². The number of anilines is 1. The molecule has 0 aliphatic carbocycles. The Morgan fingerprint density at radius 1 is 1.08 bits per heavy atom. The van der Waals surface area contributed by atoms with Crippen LogP contribution in [0, 0.1) is 26.6 Å². The van der Waals surface area contributed by atoms with Crippen LogP contribution in [0.1, 0.15) is 23.6 Å². The Bertz CT molecular complexity index is 886. The smallest absolute Gasteiger partial charge is 0.241 e. The van der Waals surface area contributed by atoms with Gasteiger partial charge in [-0.2, -0.15) is 0 Å². The monoisotopic (exact) mass is 378 g/mol. The van der Waals surface area contributed by atoms with E-state index in [2.05, 4.69) is 4.72 Å². The summed E-state index contributed by atoms with van der Waals surface area (Å²) < 4.78 is 40.9. The first-order chi connectivity index (χ1) is 12.1. The van der Waals surface area contributed by atoms with E-state index < -0.39 is 15.8 Å². The summed E-state index contributed by atoms with van der Waals surface area (Å²) >= 11 is 0. The molecular formula is C19H23FN2O3S. The fraction of sp³-hybridized carbons (Fsp3) is 0.316. The minimum absolute atomic E-state index is 0.0477. The Morgan fingerprint density at radius 3 is 2.12 bits per heavy atom. The first-order valence-electron chi connectivity index (χ1n) is 8.23. The van der Waals surface area contributed by atoms with Gasteiger partial charge in [0.25, 0.3) is 0 Å². The van der Waals surface area contributed by atoms with Gasteiger partial charge in [0, 0.05) is 25.7 Å². The van der Waals surface area contributed by atoms with E-state index in [0.717, 1.165) is 5.56 Å². The molecule has 0 atom stereocenters. The molecule has 0 spiro atoms. The van der Waals surface area contributed by atoms with Crippen LogP contribution in [0.3, 0.4) is 0 Å². The molecule has 0 radical (unpaired) electrons. The lowest BCUT2D eigenvalue weighted by molar-refractivity contribution is -0.116. The largest absolute Gasteiger partial charge is 0.311 e. The predicted molar refractivity (Wildman–Crippen MR) is 100 cm³/mol. The normalized spacial score (nSPS) is 11.4. The first-order valence-corrected chi connectivity index (χ1v) is 9.71. The summed E-state index contributed by atoms with van der Waals surface area (Å²) in [7, 11) is -3.70. The number of halogens is 1. The van der Waals surface area contributed by atoms with Crippen LogP contribution in [0.15, 0.2) is 41.3 Å². The molecule has 140 valence electrons. The lowest BCUT2D eigenvalue weighted by atomic mass is 10.1. The summed E-state index contributed by atoms with van der Waals surface area (Å²) in [6.45, 7) is 7.00. The molecule has 0 aliphatic rings. The highest BCUT2D eigenvalue weighted by molar-refractivity contribution is 7.89. The van der Waals surface area contributed by atoms with Crippen molar-refractivity contribution in [2.45, 2.75) is 32.6 Å². The fourth-order valence-electron chi connectivity index (χ4n) is 3.04. The van der Waals surface area contributed by atoms with Crippen molar-refractivity contribution in [3.8, 4) is 0 Å². The molecule has 0 aromatic heterocycles. The Hall–Kier alpha value is -2.25. The molecule has 26 heavy (non-hydrogen) atoms. The van der Waals surface area contributed by atoms with E-state index >= 15 is 0 Å². The number of benzene rings is 2. The van der Waals surface area contributed by atoms with E-state index in [-0.39, 0.29) is 23.9 Å².